The second kappa shape index (κ2) is 6.52. The SMILES string of the molecule is COC(=O)c1cc(C)ccc1NC(=O)CCC(C)(C)N. The van der Waals surface area contributed by atoms with E-state index in [1.807, 2.05) is 26.8 Å². The number of anilines is 1. The van der Waals surface area contributed by atoms with Crippen molar-refractivity contribution in [3.05, 3.63) is 29.3 Å². The Morgan fingerprint density at radius 2 is 2.00 bits per heavy atom. The van der Waals surface area contributed by atoms with Crippen LogP contribution in [0.25, 0.3) is 0 Å². The fraction of sp³-hybridized carbons (Fsp3) is 0.467. The first-order valence-electron chi connectivity index (χ1n) is 6.50. The molecule has 0 fully saturated rings. The van der Waals surface area contributed by atoms with E-state index < -0.39 is 11.5 Å². The second-order valence-corrected chi connectivity index (χ2v) is 5.58. The van der Waals surface area contributed by atoms with E-state index in [9.17, 15) is 9.59 Å². The van der Waals surface area contributed by atoms with Crippen molar-refractivity contribution < 1.29 is 14.3 Å². The molecule has 0 atom stereocenters. The number of hydrogen-bond acceptors (Lipinski definition) is 4. The Bertz CT molecular complexity index is 504. The van der Waals surface area contributed by atoms with E-state index in [2.05, 4.69) is 5.32 Å². The normalized spacial score (nSPS) is 11.1. The van der Waals surface area contributed by atoms with Crippen LogP contribution in [-0.2, 0) is 9.53 Å². The highest BCUT2D eigenvalue weighted by Gasteiger charge is 2.16. The van der Waals surface area contributed by atoms with Crippen molar-refractivity contribution in [1.29, 1.82) is 0 Å². The Labute approximate surface area is 119 Å². The highest BCUT2D eigenvalue weighted by Crippen LogP contribution is 2.19. The molecule has 110 valence electrons. The van der Waals surface area contributed by atoms with Crippen LogP contribution in [0.5, 0.6) is 0 Å². The van der Waals surface area contributed by atoms with Gasteiger partial charge in [-0.3, -0.25) is 4.79 Å². The van der Waals surface area contributed by atoms with Gasteiger partial charge in [0.05, 0.1) is 18.4 Å². The van der Waals surface area contributed by atoms with Crippen LogP contribution in [0.3, 0.4) is 0 Å². The number of esters is 1. The molecule has 0 radical (unpaired) electrons. The molecule has 5 nitrogen and oxygen atoms in total. The fourth-order valence-corrected chi connectivity index (χ4v) is 1.69. The zero-order chi connectivity index (χ0) is 15.3. The van der Waals surface area contributed by atoms with Gasteiger partial charge in [0.1, 0.15) is 0 Å². The Morgan fingerprint density at radius 1 is 1.35 bits per heavy atom. The van der Waals surface area contributed by atoms with Gasteiger partial charge in [-0.25, -0.2) is 4.79 Å². The second-order valence-electron chi connectivity index (χ2n) is 5.58. The summed E-state index contributed by atoms with van der Waals surface area (Å²) in [5, 5.41) is 2.73. The van der Waals surface area contributed by atoms with Crippen molar-refractivity contribution in [3.63, 3.8) is 0 Å². The molecular formula is C15H22N2O3. The quantitative estimate of drug-likeness (QED) is 0.809. The molecule has 0 heterocycles. The number of nitrogens with two attached hydrogens (primary N) is 1. The number of methoxy groups -OCH3 is 1. The van der Waals surface area contributed by atoms with E-state index in [1.165, 1.54) is 7.11 Å². The minimum atomic E-state index is -0.469. The van der Waals surface area contributed by atoms with Crippen molar-refractivity contribution in [2.24, 2.45) is 5.73 Å². The lowest BCUT2D eigenvalue weighted by Gasteiger charge is -2.18. The van der Waals surface area contributed by atoms with Crippen molar-refractivity contribution in [2.45, 2.75) is 39.2 Å². The lowest BCUT2D eigenvalue weighted by atomic mass is 10.00. The Kier molecular flexibility index (Phi) is 5.27. The summed E-state index contributed by atoms with van der Waals surface area (Å²) in [7, 11) is 1.31. The first kappa shape index (κ1) is 16.2. The van der Waals surface area contributed by atoms with Crippen LogP contribution in [0.2, 0.25) is 0 Å². The molecule has 1 aromatic rings. The number of carbonyl (C=O) groups is 2. The maximum atomic E-state index is 11.9. The molecule has 20 heavy (non-hydrogen) atoms. The van der Waals surface area contributed by atoms with Crippen LogP contribution in [-0.4, -0.2) is 24.5 Å². The molecule has 0 aromatic heterocycles. The van der Waals surface area contributed by atoms with E-state index in [0.717, 1.165) is 5.56 Å². The number of amides is 1. The zero-order valence-corrected chi connectivity index (χ0v) is 12.4. The highest BCUT2D eigenvalue weighted by atomic mass is 16.5. The number of hydrogen-bond donors (Lipinski definition) is 2. The monoisotopic (exact) mass is 278 g/mol. The number of rotatable bonds is 5. The third-order valence-corrected chi connectivity index (χ3v) is 2.85. The largest absolute Gasteiger partial charge is 0.465 e. The average Bonchev–Trinajstić information content (AvgIpc) is 2.37. The van der Waals surface area contributed by atoms with Crippen LogP contribution >= 0.6 is 0 Å². The van der Waals surface area contributed by atoms with Gasteiger partial charge in [0.15, 0.2) is 0 Å². The molecule has 0 aliphatic rings. The molecular weight excluding hydrogens is 256 g/mol. The highest BCUT2D eigenvalue weighted by molar-refractivity contribution is 6.01. The molecule has 0 saturated heterocycles. The smallest absolute Gasteiger partial charge is 0.339 e. The standard InChI is InChI=1S/C15H22N2O3/c1-10-5-6-12(11(9-10)14(19)20-4)17-13(18)7-8-15(2,3)16/h5-6,9H,7-8,16H2,1-4H3,(H,17,18). The number of carbonyl (C=O) groups excluding carboxylic acids is 2. The molecule has 0 unspecified atom stereocenters. The van der Waals surface area contributed by atoms with Gasteiger partial charge in [0, 0.05) is 12.0 Å². The number of aryl methyl sites for hydroxylation is 1. The van der Waals surface area contributed by atoms with E-state index in [0.29, 0.717) is 24.1 Å². The molecule has 0 saturated carbocycles. The first-order chi connectivity index (χ1) is 9.23. The molecule has 1 rings (SSSR count). The molecule has 1 aromatic carbocycles. The molecule has 0 spiro atoms. The topological polar surface area (TPSA) is 81.4 Å². The van der Waals surface area contributed by atoms with Crippen molar-refractivity contribution in [3.8, 4) is 0 Å². The van der Waals surface area contributed by atoms with Gasteiger partial charge in [0.2, 0.25) is 5.91 Å². The molecule has 3 N–H and O–H groups in total. The maximum Gasteiger partial charge on any atom is 0.339 e. The van der Waals surface area contributed by atoms with Crippen molar-refractivity contribution in [1.82, 2.24) is 0 Å². The molecule has 0 aliphatic carbocycles. The zero-order valence-electron chi connectivity index (χ0n) is 12.4. The minimum absolute atomic E-state index is 0.169. The number of nitrogens with one attached hydrogen (secondary N) is 1. The van der Waals surface area contributed by atoms with E-state index in [4.69, 9.17) is 10.5 Å². The van der Waals surface area contributed by atoms with Gasteiger partial charge in [-0.05, 0) is 39.3 Å². The van der Waals surface area contributed by atoms with Crippen LogP contribution in [0.1, 0.15) is 42.6 Å². The van der Waals surface area contributed by atoms with Crippen LogP contribution in [0, 0.1) is 6.92 Å². The number of benzene rings is 1. The van der Waals surface area contributed by atoms with Crippen LogP contribution < -0.4 is 11.1 Å². The Balaban J connectivity index is 2.82. The van der Waals surface area contributed by atoms with Crippen molar-refractivity contribution >= 4 is 17.6 Å². The van der Waals surface area contributed by atoms with Gasteiger partial charge < -0.3 is 15.8 Å². The summed E-state index contributed by atoms with van der Waals surface area (Å²) in [6.07, 6.45) is 0.871. The van der Waals surface area contributed by atoms with E-state index in [1.54, 1.807) is 12.1 Å². The lowest BCUT2D eigenvalue weighted by molar-refractivity contribution is -0.116. The van der Waals surface area contributed by atoms with Gasteiger partial charge in [-0.1, -0.05) is 11.6 Å². The summed E-state index contributed by atoms with van der Waals surface area (Å²) < 4.78 is 4.72. The Morgan fingerprint density at radius 3 is 2.55 bits per heavy atom. The maximum absolute atomic E-state index is 11.9. The molecule has 0 aliphatic heterocycles. The summed E-state index contributed by atoms with van der Waals surface area (Å²) >= 11 is 0. The third kappa shape index (κ3) is 5.01. The molecule has 5 heteroatoms. The summed E-state index contributed by atoms with van der Waals surface area (Å²) in [4.78, 5) is 23.6. The average molecular weight is 278 g/mol. The van der Waals surface area contributed by atoms with Gasteiger partial charge >= 0.3 is 5.97 Å². The van der Waals surface area contributed by atoms with E-state index in [-0.39, 0.29) is 5.91 Å². The Hall–Kier alpha value is -1.88. The van der Waals surface area contributed by atoms with Crippen molar-refractivity contribution in [2.75, 3.05) is 12.4 Å². The van der Waals surface area contributed by atoms with Crippen LogP contribution in [0.15, 0.2) is 18.2 Å². The fourth-order valence-electron chi connectivity index (χ4n) is 1.69. The van der Waals surface area contributed by atoms with E-state index >= 15 is 0 Å². The first-order valence-corrected chi connectivity index (χ1v) is 6.50. The predicted molar refractivity (Wildman–Crippen MR) is 78.6 cm³/mol. The van der Waals surface area contributed by atoms with Gasteiger partial charge in [-0.15, -0.1) is 0 Å². The van der Waals surface area contributed by atoms with Gasteiger partial charge in [-0.2, -0.15) is 0 Å². The lowest BCUT2D eigenvalue weighted by Crippen LogP contribution is -2.33. The predicted octanol–water partition coefficient (Wildman–Crippen LogP) is 2.24. The summed E-state index contributed by atoms with van der Waals surface area (Å²) in [6, 6.07) is 5.22. The molecule has 0 bridgehead atoms. The molecule has 1 amide bonds. The van der Waals surface area contributed by atoms with Gasteiger partial charge in [0.25, 0.3) is 0 Å². The third-order valence-electron chi connectivity index (χ3n) is 2.85. The number of ether oxygens (including phenoxy) is 1. The summed E-state index contributed by atoms with van der Waals surface area (Å²) in [5.41, 5.74) is 7.19. The summed E-state index contributed by atoms with van der Waals surface area (Å²) in [6.45, 7) is 5.60. The minimum Gasteiger partial charge on any atom is -0.465 e. The summed E-state index contributed by atoms with van der Waals surface area (Å²) in [5.74, 6) is -0.638. The van der Waals surface area contributed by atoms with Crippen LogP contribution in [0.4, 0.5) is 5.69 Å².